The maximum atomic E-state index is 12.0. The summed E-state index contributed by atoms with van der Waals surface area (Å²) in [6.45, 7) is 4.29. The van der Waals surface area contributed by atoms with Gasteiger partial charge in [-0.3, -0.25) is 9.48 Å². The van der Waals surface area contributed by atoms with Crippen molar-refractivity contribution in [1.82, 2.24) is 15.1 Å². The Labute approximate surface area is 126 Å². The lowest BCUT2D eigenvalue weighted by Gasteiger charge is -2.27. The number of nitrogens with one attached hydrogen (secondary N) is 1. The summed E-state index contributed by atoms with van der Waals surface area (Å²) in [6, 6.07) is 2.98. The number of carbonyl (C=O) groups excluding carboxylic acids is 1. The number of nitrogens with two attached hydrogens (primary N) is 1. The van der Waals surface area contributed by atoms with Gasteiger partial charge in [0.2, 0.25) is 5.91 Å². The number of amides is 1. The number of aryl methyl sites for hydroxylation is 2. The Morgan fingerprint density at radius 1 is 1.43 bits per heavy atom. The molecule has 2 unspecified atom stereocenters. The van der Waals surface area contributed by atoms with Crippen LogP contribution in [0.1, 0.15) is 63.4 Å². The Bertz CT molecular complexity index is 534. The van der Waals surface area contributed by atoms with Gasteiger partial charge in [0.1, 0.15) is 0 Å². The first kappa shape index (κ1) is 14.6. The van der Waals surface area contributed by atoms with E-state index in [2.05, 4.69) is 29.9 Å². The Morgan fingerprint density at radius 3 is 2.76 bits per heavy atom. The van der Waals surface area contributed by atoms with Gasteiger partial charge in [-0.2, -0.15) is 5.10 Å². The summed E-state index contributed by atoms with van der Waals surface area (Å²) in [5, 5.41) is 8.25. The van der Waals surface area contributed by atoms with Gasteiger partial charge in [-0.1, -0.05) is 13.8 Å². The summed E-state index contributed by atoms with van der Waals surface area (Å²) in [5.74, 6) is -0.196. The van der Waals surface area contributed by atoms with E-state index in [1.54, 1.807) is 0 Å². The van der Waals surface area contributed by atoms with E-state index in [4.69, 9.17) is 10.8 Å². The van der Waals surface area contributed by atoms with Crippen LogP contribution in [0.15, 0.2) is 6.07 Å². The van der Waals surface area contributed by atoms with Gasteiger partial charge in [0.15, 0.2) is 0 Å². The van der Waals surface area contributed by atoms with E-state index in [0.29, 0.717) is 12.1 Å². The second-order valence-corrected chi connectivity index (χ2v) is 6.54. The molecule has 1 amide bonds. The topological polar surface area (TPSA) is 72.9 Å². The molecule has 2 saturated carbocycles. The number of aromatic nitrogens is 2. The number of hydrogen-bond acceptors (Lipinski definition) is 3. The normalized spacial score (nSPS) is 29.0. The maximum Gasteiger partial charge on any atom is 0.237 e. The van der Waals surface area contributed by atoms with Gasteiger partial charge < -0.3 is 11.1 Å². The summed E-state index contributed by atoms with van der Waals surface area (Å²) < 4.78 is 2.15. The maximum absolute atomic E-state index is 12.0. The third kappa shape index (κ3) is 2.71. The molecular weight excluding hydrogens is 264 g/mol. The molecule has 2 fully saturated rings. The number of rotatable bonds is 6. The Balaban J connectivity index is 1.81. The molecular formula is C16H26N4O. The van der Waals surface area contributed by atoms with Gasteiger partial charge in [0, 0.05) is 11.7 Å². The first-order chi connectivity index (χ1) is 10.1. The molecule has 3 rings (SSSR count). The van der Waals surface area contributed by atoms with Crippen molar-refractivity contribution >= 4 is 5.91 Å². The molecule has 0 aliphatic heterocycles. The average molecular weight is 290 g/mol. The van der Waals surface area contributed by atoms with Crippen LogP contribution in [0.2, 0.25) is 0 Å². The van der Waals surface area contributed by atoms with Crippen molar-refractivity contribution in [1.29, 1.82) is 0 Å². The van der Waals surface area contributed by atoms with Crippen LogP contribution in [0.3, 0.4) is 0 Å². The molecule has 116 valence electrons. The van der Waals surface area contributed by atoms with Crippen LogP contribution in [-0.4, -0.2) is 27.3 Å². The first-order valence-electron chi connectivity index (χ1n) is 8.23. The molecule has 5 nitrogen and oxygen atoms in total. The van der Waals surface area contributed by atoms with E-state index in [-0.39, 0.29) is 5.91 Å². The minimum atomic E-state index is -0.519. The van der Waals surface area contributed by atoms with E-state index >= 15 is 0 Å². The SMILES string of the molecule is CCc1cc(CC)n(C2CCC(NC3CC3)(C(N)=O)C2)n1. The third-order valence-corrected chi connectivity index (χ3v) is 4.95. The lowest BCUT2D eigenvalue weighted by Crippen LogP contribution is -2.54. The summed E-state index contributed by atoms with van der Waals surface area (Å²) in [6.07, 6.45) is 6.84. The molecule has 2 aliphatic rings. The van der Waals surface area contributed by atoms with Gasteiger partial charge in [0.05, 0.1) is 17.3 Å². The van der Waals surface area contributed by atoms with Crippen LogP contribution < -0.4 is 11.1 Å². The molecule has 5 heteroatoms. The fraction of sp³-hybridized carbons (Fsp3) is 0.750. The monoisotopic (exact) mass is 290 g/mol. The summed E-state index contributed by atoms with van der Waals surface area (Å²) in [7, 11) is 0. The molecule has 2 atom stereocenters. The van der Waals surface area contributed by atoms with Crippen molar-refractivity contribution in [3.05, 3.63) is 17.5 Å². The molecule has 0 radical (unpaired) electrons. The fourth-order valence-corrected chi connectivity index (χ4v) is 3.52. The van der Waals surface area contributed by atoms with Crippen molar-refractivity contribution in [2.45, 2.75) is 76.4 Å². The second-order valence-electron chi connectivity index (χ2n) is 6.54. The lowest BCUT2D eigenvalue weighted by atomic mass is 9.96. The summed E-state index contributed by atoms with van der Waals surface area (Å²) >= 11 is 0. The highest BCUT2D eigenvalue weighted by Crippen LogP contribution is 2.40. The minimum Gasteiger partial charge on any atom is -0.368 e. The van der Waals surface area contributed by atoms with Crippen LogP contribution in [0.25, 0.3) is 0 Å². The molecule has 0 bridgehead atoms. The zero-order chi connectivity index (χ0) is 15.0. The quantitative estimate of drug-likeness (QED) is 0.837. The second kappa shape index (κ2) is 5.44. The molecule has 21 heavy (non-hydrogen) atoms. The number of nitrogens with zero attached hydrogens (tertiary/aromatic N) is 2. The Kier molecular flexibility index (Phi) is 3.78. The zero-order valence-electron chi connectivity index (χ0n) is 13.1. The number of primary amides is 1. The van der Waals surface area contributed by atoms with Crippen molar-refractivity contribution < 1.29 is 4.79 Å². The van der Waals surface area contributed by atoms with Gasteiger partial charge in [0.25, 0.3) is 0 Å². The molecule has 2 aliphatic carbocycles. The van der Waals surface area contributed by atoms with Crippen LogP contribution in [0.5, 0.6) is 0 Å². The molecule has 0 aromatic carbocycles. The van der Waals surface area contributed by atoms with Crippen LogP contribution in [-0.2, 0) is 17.6 Å². The number of hydrogen-bond donors (Lipinski definition) is 2. The van der Waals surface area contributed by atoms with Crippen LogP contribution in [0.4, 0.5) is 0 Å². The van der Waals surface area contributed by atoms with Gasteiger partial charge in [-0.05, 0) is 51.0 Å². The van der Waals surface area contributed by atoms with Gasteiger partial charge >= 0.3 is 0 Å². The minimum absolute atomic E-state index is 0.196. The van der Waals surface area contributed by atoms with Crippen molar-refractivity contribution in [3.63, 3.8) is 0 Å². The fourth-order valence-electron chi connectivity index (χ4n) is 3.52. The standard InChI is InChI=1S/C16H26N4O/c1-3-11-9-13(4-2)20(19-11)14-7-8-16(10-14,15(17)21)18-12-5-6-12/h9,12,14,18H,3-8,10H2,1-2H3,(H2,17,21). The largest absolute Gasteiger partial charge is 0.368 e. The molecule has 3 N–H and O–H groups in total. The van der Waals surface area contributed by atoms with Crippen molar-refractivity contribution in [2.24, 2.45) is 5.73 Å². The van der Waals surface area contributed by atoms with Gasteiger partial charge in [-0.25, -0.2) is 0 Å². The molecule has 1 aromatic rings. The van der Waals surface area contributed by atoms with Crippen LogP contribution >= 0.6 is 0 Å². The van der Waals surface area contributed by atoms with Crippen LogP contribution in [0, 0.1) is 0 Å². The van der Waals surface area contributed by atoms with E-state index in [9.17, 15) is 4.79 Å². The van der Waals surface area contributed by atoms with E-state index in [0.717, 1.165) is 37.8 Å². The lowest BCUT2D eigenvalue weighted by molar-refractivity contribution is -0.124. The highest BCUT2D eigenvalue weighted by Gasteiger charge is 2.47. The van der Waals surface area contributed by atoms with E-state index in [1.807, 2.05) is 0 Å². The highest BCUT2D eigenvalue weighted by molar-refractivity contribution is 5.85. The first-order valence-corrected chi connectivity index (χ1v) is 8.23. The van der Waals surface area contributed by atoms with E-state index < -0.39 is 5.54 Å². The molecule has 0 spiro atoms. The molecule has 1 heterocycles. The van der Waals surface area contributed by atoms with Crippen molar-refractivity contribution in [3.8, 4) is 0 Å². The third-order valence-electron chi connectivity index (χ3n) is 4.95. The van der Waals surface area contributed by atoms with Crippen molar-refractivity contribution in [2.75, 3.05) is 0 Å². The average Bonchev–Trinajstić information content (AvgIpc) is 3.03. The molecule has 0 saturated heterocycles. The van der Waals surface area contributed by atoms with E-state index in [1.165, 1.54) is 18.5 Å². The Hall–Kier alpha value is -1.36. The summed E-state index contributed by atoms with van der Waals surface area (Å²) in [5.41, 5.74) is 7.61. The Morgan fingerprint density at radius 2 is 2.19 bits per heavy atom. The zero-order valence-corrected chi connectivity index (χ0v) is 13.1. The van der Waals surface area contributed by atoms with Gasteiger partial charge in [-0.15, -0.1) is 0 Å². The predicted molar refractivity (Wildman–Crippen MR) is 82.0 cm³/mol. The number of carbonyl (C=O) groups is 1. The summed E-state index contributed by atoms with van der Waals surface area (Å²) in [4.78, 5) is 12.0. The smallest absolute Gasteiger partial charge is 0.237 e. The predicted octanol–water partition coefficient (Wildman–Crippen LogP) is 1.71. The highest BCUT2D eigenvalue weighted by atomic mass is 16.1. The molecule has 1 aromatic heterocycles.